The first-order valence-corrected chi connectivity index (χ1v) is 9.16. The Morgan fingerprint density at radius 1 is 1.38 bits per heavy atom. The summed E-state index contributed by atoms with van der Waals surface area (Å²) >= 11 is 13.2. The van der Waals surface area contributed by atoms with E-state index in [1.54, 1.807) is 18.2 Å². The summed E-state index contributed by atoms with van der Waals surface area (Å²) in [7, 11) is 0. The van der Waals surface area contributed by atoms with E-state index >= 15 is 0 Å². The quantitative estimate of drug-likeness (QED) is 0.526. The van der Waals surface area contributed by atoms with Crippen molar-refractivity contribution < 1.29 is 9.53 Å². The topological polar surface area (TPSA) is 83.0 Å². The van der Waals surface area contributed by atoms with Crippen molar-refractivity contribution in [3.05, 3.63) is 34.1 Å². The summed E-state index contributed by atoms with van der Waals surface area (Å²) < 4.78 is 7.63. The van der Waals surface area contributed by atoms with Gasteiger partial charge in [-0.15, -0.1) is 10.2 Å². The van der Waals surface area contributed by atoms with Crippen LogP contribution in [0.15, 0.2) is 23.4 Å². The number of aromatic nitrogens is 3. The van der Waals surface area contributed by atoms with Gasteiger partial charge in [0.2, 0.25) is 5.91 Å². The Kier molecular flexibility index (Phi) is 7.20. The molecule has 2 aromatic rings. The molecule has 1 aromatic carbocycles. The van der Waals surface area contributed by atoms with Crippen molar-refractivity contribution >= 4 is 40.9 Å². The molecular weight excluding hydrogens is 371 g/mol. The van der Waals surface area contributed by atoms with Crippen LogP contribution >= 0.6 is 35.0 Å². The van der Waals surface area contributed by atoms with Gasteiger partial charge in [-0.1, -0.05) is 35.0 Å². The first-order valence-electron chi connectivity index (χ1n) is 7.42. The highest BCUT2D eigenvalue weighted by molar-refractivity contribution is 7.99. The van der Waals surface area contributed by atoms with Crippen molar-refractivity contribution in [1.82, 2.24) is 14.8 Å². The van der Waals surface area contributed by atoms with Crippen molar-refractivity contribution in [3.8, 4) is 5.75 Å². The molecule has 0 unspecified atom stereocenters. The van der Waals surface area contributed by atoms with E-state index in [1.165, 1.54) is 11.8 Å². The lowest BCUT2D eigenvalue weighted by Gasteiger charge is -2.09. The second-order valence-corrected chi connectivity index (χ2v) is 6.71. The number of halogens is 2. The van der Waals surface area contributed by atoms with Gasteiger partial charge in [0.25, 0.3) is 0 Å². The van der Waals surface area contributed by atoms with Crippen molar-refractivity contribution in [2.24, 2.45) is 5.73 Å². The summed E-state index contributed by atoms with van der Waals surface area (Å²) in [4.78, 5) is 10.9. The van der Waals surface area contributed by atoms with Crippen LogP contribution in [0.2, 0.25) is 10.0 Å². The van der Waals surface area contributed by atoms with Crippen LogP contribution in [0.25, 0.3) is 0 Å². The molecule has 1 amide bonds. The molecule has 6 nitrogen and oxygen atoms in total. The molecule has 0 atom stereocenters. The average Bonchev–Trinajstić information content (AvgIpc) is 2.93. The number of hydrogen-bond donors (Lipinski definition) is 1. The fraction of sp³-hybridized carbons (Fsp3) is 0.400. The van der Waals surface area contributed by atoms with Crippen molar-refractivity contribution in [1.29, 1.82) is 0 Å². The number of hydrogen-bond acceptors (Lipinski definition) is 5. The molecule has 1 aromatic heterocycles. The molecule has 0 radical (unpaired) electrons. The highest BCUT2D eigenvalue weighted by atomic mass is 35.5. The summed E-state index contributed by atoms with van der Waals surface area (Å²) in [5.74, 6) is 1.28. The number of carbonyl (C=O) groups excluding carboxylic acids is 1. The van der Waals surface area contributed by atoms with E-state index in [2.05, 4.69) is 10.2 Å². The predicted molar refractivity (Wildman–Crippen MR) is 95.9 cm³/mol. The van der Waals surface area contributed by atoms with Gasteiger partial charge in [0.05, 0.1) is 17.4 Å². The van der Waals surface area contributed by atoms with Crippen LogP contribution in [0.4, 0.5) is 0 Å². The number of aryl methyl sites for hydroxylation is 1. The smallest absolute Gasteiger partial charge is 0.227 e. The maximum absolute atomic E-state index is 10.9. The van der Waals surface area contributed by atoms with Crippen LogP contribution in [0.5, 0.6) is 5.75 Å². The van der Waals surface area contributed by atoms with Gasteiger partial charge in [-0.3, -0.25) is 4.79 Å². The number of thioether (sulfide) groups is 1. The zero-order valence-electron chi connectivity index (χ0n) is 13.2. The summed E-state index contributed by atoms with van der Waals surface area (Å²) in [5, 5.41) is 10.1. The monoisotopic (exact) mass is 388 g/mol. The van der Waals surface area contributed by atoms with Crippen LogP contribution in [0, 0.1) is 0 Å². The van der Waals surface area contributed by atoms with Gasteiger partial charge in [0, 0.05) is 18.0 Å². The van der Waals surface area contributed by atoms with Gasteiger partial charge in [0.1, 0.15) is 11.6 Å². The van der Waals surface area contributed by atoms with Crippen LogP contribution < -0.4 is 10.5 Å². The van der Waals surface area contributed by atoms with Gasteiger partial charge >= 0.3 is 0 Å². The van der Waals surface area contributed by atoms with Crippen LogP contribution in [-0.4, -0.2) is 33.0 Å². The lowest BCUT2D eigenvalue weighted by Crippen LogP contribution is -2.14. The van der Waals surface area contributed by atoms with Crippen molar-refractivity contribution in [3.63, 3.8) is 0 Å². The van der Waals surface area contributed by atoms with E-state index in [0.717, 1.165) is 18.8 Å². The van der Waals surface area contributed by atoms with Crippen LogP contribution in [-0.2, 0) is 17.8 Å². The molecule has 0 spiro atoms. The number of amides is 1. The van der Waals surface area contributed by atoms with E-state index in [-0.39, 0.29) is 11.7 Å². The molecule has 130 valence electrons. The molecule has 9 heteroatoms. The SMILES string of the molecule is CCn1c(CCCOc2ccc(Cl)cc2Cl)nnc1SCC(N)=O. The molecule has 0 aliphatic carbocycles. The lowest BCUT2D eigenvalue weighted by atomic mass is 10.3. The Labute approximate surface area is 154 Å². The highest BCUT2D eigenvalue weighted by Crippen LogP contribution is 2.27. The standard InChI is InChI=1S/C15H18Cl2N4O2S/c1-2-21-14(19-20-15(21)24-9-13(18)22)4-3-7-23-12-6-5-10(16)8-11(12)17/h5-6,8H,2-4,7,9H2,1H3,(H2,18,22). The fourth-order valence-electron chi connectivity index (χ4n) is 2.07. The zero-order valence-corrected chi connectivity index (χ0v) is 15.5. The molecule has 0 aliphatic heterocycles. The lowest BCUT2D eigenvalue weighted by molar-refractivity contribution is -0.115. The molecule has 0 fully saturated rings. The van der Waals surface area contributed by atoms with E-state index in [4.69, 9.17) is 33.7 Å². The summed E-state index contributed by atoms with van der Waals surface area (Å²) in [6, 6.07) is 5.13. The predicted octanol–water partition coefficient (Wildman–Crippen LogP) is 3.19. The maximum atomic E-state index is 10.9. The third-order valence-electron chi connectivity index (χ3n) is 3.15. The number of benzene rings is 1. The van der Waals surface area contributed by atoms with E-state index in [9.17, 15) is 4.79 Å². The van der Waals surface area contributed by atoms with E-state index < -0.39 is 0 Å². The Bertz CT molecular complexity index is 709. The molecule has 0 bridgehead atoms. The summed E-state index contributed by atoms with van der Waals surface area (Å²) in [6.07, 6.45) is 1.47. The number of carbonyl (C=O) groups is 1. The molecule has 0 saturated carbocycles. The Hall–Kier alpha value is -1.44. The Balaban J connectivity index is 1.86. The molecule has 0 saturated heterocycles. The highest BCUT2D eigenvalue weighted by Gasteiger charge is 2.12. The number of rotatable bonds is 9. The maximum Gasteiger partial charge on any atom is 0.227 e. The summed E-state index contributed by atoms with van der Waals surface area (Å²) in [6.45, 7) is 3.24. The van der Waals surface area contributed by atoms with E-state index in [0.29, 0.717) is 34.0 Å². The largest absolute Gasteiger partial charge is 0.492 e. The number of nitrogens with two attached hydrogens (primary N) is 1. The average molecular weight is 389 g/mol. The van der Waals surface area contributed by atoms with Crippen LogP contribution in [0.3, 0.4) is 0 Å². The Morgan fingerprint density at radius 2 is 2.17 bits per heavy atom. The van der Waals surface area contributed by atoms with Crippen molar-refractivity contribution in [2.75, 3.05) is 12.4 Å². The fourth-order valence-corrected chi connectivity index (χ4v) is 3.29. The molecule has 2 rings (SSSR count). The van der Waals surface area contributed by atoms with Gasteiger partial charge in [-0.05, 0) is 31.5 Å². The second kappa shape index (κ2) is 9.15. The third-order valence-corrected chi connectivity index (χ3v) is 4.67. The number of primary amides is 1. The first-order chi connectivity index (χ1) is 11.5. The Morgan fingerprint density at radius 3 is 2.83 bits per heavy atom. The number of ether oxygens (including phenoxy) is 1. The molecular formula is C15H18Cl2N4O2S. The minimum absolute atomic E-state index is 0.191. The molecule has 1 heterocycles. The molecule has 24 heavy (non-hydrogen) atoms. The van der Waals surface area contributed by atoms with Crippen LogP contribution in [0.1, 0.15) is 19.2 Å². The zero-order chi connectivity index (χ0) is 17.5. The minimum atomic E-state index is -0.375. The second-order valence-electron chi connectivity index (χ2n) is 4.92. The normalized spacial score (nSPS) is 10.8. The first kappa shape index (κ1) is 18.9. The molecule has 0 aliphatic rings. The number of nitrogens with zero attached hydrogens (tertiary/aromatic N) is 3. The van der Waals surface area contributed by atoms with Gasteiger partial charge < -0.3 is 15.0 Å². The van der Waals surface area contributed by atoms with E-state index in [1.807, 2.05) is 11.5 Å². The summed E-state index contributed by atoms with van der Waals surface area (Å²) in [5.41, 5.74) is 5.16. The minimum Gasteiger partial charge on any atom is -0.492 e. The van der Waals surface area contributed by atoms with Gasteiger partial charge in [-0.25, -0.2) is 0 Å². The van der Waals surface area contributed by atoms with Crippen molar-refractivity contribution in [2.45, 2.75) is 31.5 Å². The third kappa shape index (κ3) is 5.29. The van der Waals surface area contributed by atoms with Gasteiger partial charge in [-0.2, -0.15) is 0 Å². The molecule has 2 N–H and O–H groups in total. The van der Waals surface area contributed by atoms with Gasteiger partial charge in [0.15, 0.2) is 5.16 Å².